The number of aromatic nitrogens is 1. The minimum absolute atomic E-state index is 0.155. The Hall–Kier alpha value is -2.01. The fourth-order valence-electron chi connectivity index (χ4n) is 3.05. The summed E-state index contributed by atoms with van der Waals surface area (Å²) in [5, 5.41) is 10.5. The molecule has 3 rings (SSSR count). The molecule has 0 saturated heterocycles. The molecule has 116 valence electrons. The Balaban J connectivity index is 1.96. The molecule has 5 nitrogen and oxygen atoms in total. The number of nitrogens with one attached hydrogen (secondary N) is 1. The standard InChI is InChI=1S/C16H17ClN2O3/c17-7-3-6-15(20)19-9-13-11(8-14(19)16(21)22)10-4-1-2-5-12(10)18-13/h1-2,4-5,14,18H,3,6-9H2,(H,21,22). The number of para-hydroxylation sites is 1. The second-order valence-electron chi connectivity index (χ2n) is 5.50. The molecule has 2 aromatic rings. The first kappa shape index (κ1) is 14.9. The minimum Gasteiger partial charge on any atom is -0.480 e. The molecule has 2 N–H and O–H groups in total. The number of H-pyrrole nitrogens is 1. The van der Waals surface area contributed by atoms with E-state index in [2.05, 4.69) is 4.98 Å². The highest BCUT2D eigenvalue weighted by Crippen LogP contribution is 2.30. The third-order valence-electron chi connectivity index (χ3n) is 4.13. The number of alkyl halides is 1. The molecular formula is C16H17ClN2O3. The number of carbonyl (C=O) groups is 2. The van der Waals surface area contributed by atoms with Gasteiger partial charge in [-0.3, -0.25) is 4.79 Å². The fourth-order valence-corrected chi connectivity index (χ4v) is 3.19. The molecule has 1 aliphatic rings. The Kier molecular flexibility index (Phi) is 4.07. The predicted octanol–water partition coefficient (Wildman–Crippen LogP) is 2.52. The van der Waals surface area contributed by atoms with Gasteiger partial charge in [0, 0.05) is 35.3 Å². The number of aliphatic carboxylic acids is 1. The molecule has 2 heterocycles. The number of aromatic amines is 1. The Labute approximate surface area is 132 Å². The van der Waals surface area contributed by atoms with Crippen molar-refractivity contribution in [3.05, 3.63) is 35.5 Å². The summed E-state index contributed by atoms with van der Waals surface area (Å²) < 4.78 is 0. The number of hydrogen-bond donors (Lipinski definition) is 2. The second kappa shape index (κ2) is 6.01. The summed E-state index contributed by atoms with van der Waals surface area (Å²) >= 11 is 5.62. The van der Waals surface area contributed by atoms with E-state index in [0.29, 0.717) is 25.3 Å². The molecule has 1 aromatic heterocycles. The SMILES string of the molecule is O=C(O)C1Cc2c([nH]c3ccccc23)CN1C(=O)CCCCl. The highest BCUT2D eigenvalue weighted by molar-refractivity contribution is 6.17. The van der Waals surface area contributed by atoms with Crippen molar-refractivity contribution in [3.63, 3.8) is 0 Å². The van der Waals surface area contributed by atoms with Gasteiger partial charge in [0.25, 0.3) is 0 Å². The van der Waals surface area contributed by atoms with Crippen molar-refractivity contribution in [3.8, 4) is 0 Å². The first-order chi connectivity index (χ1) is 10.6. The van der Waals surface area contributed by atoms with E-state index in [-0.39, 0.29) is 12.3 Å². The van der Waals surface area contributed by atoms with Crippen molar-refractivity contribution in [1.82, 2.24) is 9.88 Å². The summed E-state index contributed by atoms with van der Waals surface area (Å²) in [4.78, 5) is 28.6. The zero-order valence-corrected chi connectivity index (χ0v) is 12.8. The highest BCUT2D eigenvalue weighted by Gasteiger charge is 2.35. The first-order valence-corrected chi connectivity index (χ1v) is 7.82. The van der Waals surface area contributed by atoms with E-state index >= 15 is 0 Å². The Morgan fingerprint density at radius 1 is 1.36 bits per heavy atom. The molecule has 0 fully saturated rings. The molecule has 1 unspecified atom stereocenters. The minimum atomic E-state index is -0.963. The van der Waals surface area contributed by atoms with Gasteiger partial charge >= 0.3 is 5.97 Å². The number of carboxylic acids is 1. The van der Waals surface area contributed by atoms with E-state index in [4.69, 9.17) is 11.6 Å². The van der Waals surface area contributed by atoms with Gasteiger partial charge in [-0.25, -0.2) is 4.79 Å². The first-order valence-electron chi connectivity index (χ1n) is 7.28. The lowest BCUT2D eigenvalue weighted by atomic mass is 9.96. The molecule has 0 aliphatic carbocycles. The van der Waals surface area contributed by atoms with Crippen LogP contribution in [0.4, 0.5) is 0 Å². The number of benzene rings is 1. The van der Waals surface area contributed by atoms with Gasteiger partial charge in [0.05, 0.1) is 6.54 Å². The molecule has 1 atom stereocenters. The van der Waals surface area contributed by atoms with E-state index in [0.717, 1.165) is 22.2 Å². The number of halogens is 1. The van der Waals surface area contributed by atoms with Crippen molar-refractivity contribution in [2.45, 2.75) is 31.8 Å². The van der Waals surface area contributed by atoms with Crippen molar-refractivity contribution in [2.24, 2.45) is 0 Å². The summed E-state index contributed by atoms with van der Waals surface area (Å²) in [6, 6.07) is 7.00. The van der Waals surface area contributed by atoms with Crippen LogP contribution in [0.1, 0.15) is 24.1 Å². The van der Waals surface area contributed by atoms with Crippen LogP contribution in [0.5, 0.6) is 0 Å². The van der Waals surface area contributed by atoms with Crippen LogP contribution in [0.3, 0.4) is 0 Å². The molecule has 1 aliphatic heterocycles. The molecular weight excluding hydrogens is 304 g/mol. The number of hydrogen-bond acceptors (Lipinski definition) is 2. The molecule has 0 bridgehead atoms. The number of amides is 1. The molecule has 1 aromatic carbocycles. The van der Waals surface area contributed by atoms with Crippen LogP contribution in [0.25, 0.3) is 10.9 Å². The van der Waals surface area contributed by atoms with Gasteiger partial charge in [-0.15, -0.1) is 11.6 Å². The molecule has 6 heteroatoms. The van der Waals surface area contributed by atoms with E-state index in [9.17, 15) is 14.7 Å². The third-order valence-corrected chi connectivity index (χ3v) is 4.40. The second-order valence-corrected chi connectivity index (χ2v) is 5.88. The summed E-state index contributed by atoms with van der Waals surface area (Å²) in [5.74, 6) is -0.720. The summed E-state index contributed by atoms with van der Waals surface area (Å²) in [6.45, 7) is 0.308. The van der Waals surface area contributed by atoms with Gasteiger partial charge in [-0.2, -0.15) is 0 Å². The van der Waals surface area contributed by atoms with Crippen LogP contribution in [-0.2, 0) is 22.6 Å². The number of nitrogens with zero attached hydrogens (tertiary/aromatic N) is 1. The third kappa shape index (κ3) is 2.57. The lowest BCUT2D eigenvalue weighted by Crippen LogP contribution is -2.48. The van der Waals surface area contributed by atoms with Crippen molar-refractivity contribution >= 4 is 34.4 Å². The van der Waals surface area contributed by atoms with Crippen LogP contribution in [-0.4, -0.2) is 38.8 Å². The normalized spacial score (nSPS) is 17.5. The summed E-state index contributed by atoms with van der Waals surface area (Å²) in [5.41, 5.74) is 2.91. The average Bonchev–Trinajstić information content (AvgIpc) is 2.88. The monoisotopic (exact) mass is 320 g/mol. The van der Waals surface area contributed by atoms with Crippen LogP contribution in [0, 0.1) is 0 Å². The number of carbonyl (C=O) groups excluding carboxylic acids is 1. The summed E-state index contributed by atoms with van der Waals surface area (Å²) in [6.07, 6.45) is 1.17. The average molecular weight is 321 g/mol. The van der Waals surface area contributed by atoms with Crippen LogP contribution < -0.4 is 0 Å². The van der Waals surface area contributed by atoms with Crippen LogP contribution >= 0.6 is 11.6 Å². The maximum absolute atomic E-state index is 12.3. The highest BCUT2D eigenvalue weighted by atomic mass is 35.5. The van der Waals surface area contributed by atoms with Gasteiger partial charge < -0.3 is 15.0 Å². The number of carboxylic acid groups (broad SMARTS) is 1. The van der Waals surface area contributed by atoms with Gasteiger partial charge in [-0.05, 0) is 18.1 Å². The maximum Gasteiger partial charge on any atom is 0.326 e. The predicted molar refractivity (Wildman–Crippen MR) is 83.9 cm³/mol. The zero-order valence-electron chi connectivity index (χ0n) is 12.0. The van der Waals surface area contributed by atoms with Crippen molar-refractivity contribution < 1.29 is 14.7 Å². The van der Waals surface area contributed by atoms with Gasteiger partial charge in [-0.1, -0.05) is 18.2 Å². The van der Waals surface area contributed by atoms with E-state index in [1.807, 2.05) is 24.3 Å². The van der Waals surface area contributed by atoms with Gasteiger partial charge in [0.2, 0.25) is 5.91 Å². The van der Waals surface area contributed by atoms with E-state index < -0.39 is 12.0 Å². The maximum atomic E-state index is 12.3. The number of rotatable bonds is 4. The lowest BCUT2D eigenvalue weighted by Gasteiger charge is -2.33. The topological polar surface area (TPSA) is 73.4 Å². The van der Waals surface area contributed by atoms with Crippen LogP contribution in [0.2, 0.25) is 0 Å². The van der Waals surface area contributed by atoms with Crippen molar-refractivity contribution in [1.29, 1.82) is 0 Å². The quantitative estimate of drug-likeness (QED) is 0.850. The summed E-state index contributed by atoms with van der Waals surface area (Å²) in [7, 11) is 0. The Bertz CT molecular complexity index is 725. The van der Waals surface area contributed by atoms with E-state index in [1.165, 1.54) is 4.90 Å². The Morgan fingerprint density at radius 3 is 2.86 bits per heavy atom. The smallest absolute Gasteiger partial charge is 0.326 e. The zero-order chi connectivity index (χ0) is 15.7. The Morgan fingerprint density at radius 2 is 2.14 bits per heavy atom. The molecule has 0 radical (unpaired) electrons. The van der Waals surface area contributed by atoms with Crippen LogP contribution in [0.15, 0.2) is 24.3 Å². The largest absolute Gasteiger partial charge is 0.480 e. The van der Waals surface area contributed by atoms with E-state index in [1.54, 1.807) is 0 Å². The number of fused-ring (bicyclic) bond motifs is 3. The molecule has 0 spiro atoms. The molecule has 22 heavy (non-hydrogen) atoms. The molecule has 0 saturated carbocycles. The lowest BCUT2D eigenvalue weighted by molar-refractivity contribution is -0.151. The molecule has 1 amide bonds. The van der Waals surface area contributed by atoms with Gasteiger partial charge in [0.1, 0.15) is 6.04 Å². The van der Waals surface area contributed by atoms with Gasteiger partial charge in [0.15, 0.2) is 0 Å². The van der Waals surface area contributed by atoms with Crippen molar-refractivity contribution in [2.75, 3.05) is 5.88 Å². The fraction of sp³-hybridized carbons (Fsp3) is 0.375.